The van der Waals surface area contributed by atoms with Crippen molar-refractivity contribution in [1.82, 2.24) is 0 Å². The van der Waals surface area contributed by atoms with E-state index in [0.29, 0.717) is 0 Å². The second-order valence-electron chi connectivity index (χ2n) is 6.28. The van der Waals surface area contributed by atoms with Gasteiger partial charge in [-0.3, -0.25) is 9.69 Å². The van der Waals surface area contributed by atoms with Crippen molar-refractivity contribution >= 4 is 23.4 Å². The van der Waals surface area contributed by atoms with Gasteiger partial charge in [-0.05, 0) is 48.9 Å². The number of anilines is 1. The summed E-state index contributed by atoms with van der Waals surface area (Å²) >= 11 is 1.67. The number of ether oxygens (including phenoxy) is 1. The molecule has 1 atom stereocenters. The first-order chi connectivity index (χ1) is 13.1. The molecule has 0 spiro atoms. The van der Waals surface area contributed by atoms with Gasteiger partial charge in [0.1, 0.15) is 11.1 Å². The first-order valence-corrected chi connectivity index (χ1v) is 9.68. The van der Waals surface area contributed by atoms with Gasteiger partial charge in [0.2, 0.25) is 5.91 Å². The fourth-order valence-corrected chi connectivity index (χ4v) is 4.08. The lowest BCUT2D eigenvalue weighted by atomic mass is 10.2. The molecule has 0 aliphatic heterocycles. The first kappa shape index (κ1) is 19.1. The maximum absolute atomic E-state index is 12.6. The van der Waals surface area contributed by atoms with Gasteiger partial charge >= 0.3 is 0 Å². The monoisotopic (exact) mass is 377 g/mol. The van der Waals surface area contributed by atoms with Gasteiger partial charge in [-0.1, -0.05) is 59.8 Å². The van der Waals surface area contributed by atoms with Gasteiger partial charge in [0.05, 0.1) is 7.11 Å². The van der Waals surface area contributed by atoms with Crippen molar-refractivity contribution in [2.24, 2.45) is 0 Å². The van der Waals surface area contributed by atoms with E-state index in [1.54, 1.807) is 25.8 Å². The summed E-state index contributed by atoms with van der Waals surface area (Å²) in [5.74, 6) is 0.762. The molecule has 0 aliphatic rings. The molecule has 3 rings (SSSR count). The van der Waals surface area contributed by atoms with Crippen molar-refractivity contribution < 1.29 is 9.53 Å². The molecule has 0 aliphatic carbocycles. The van der Waals surface area contributed by atoms with Crippen LogP contribution >= 0.6 is 11.8 Å². The molecule has 3 aromatic carbocycles. The van der Waals surface area contributed by atoms with E-state index < -0.39 is 0 Å². The summed E-state index contributed by atoms with van der Waals surface area (Å²) in [5.41, 5.74) is 3.14. The van der Waals surface area contributed by atoms with E-state index in [2.05, 4.69) is 43.3 Å². The van der Waals surface area contributed by atoms with Crippen molar-refractivity contribution in [3.8, 4) is 5.75 Å². The number of nitrogens with zero attached hydrogens (tertiary/aromatic N) is 1. The predicted molar refractivity (Wildman–Crippen MR) is 112 cm³/mol. The molecule has 27 heavy (non-hydrogen) atoms. The zero-order valence-corrected chi connectivity index (χ0v) is 16.6. The quantitative estimate of drug-likeness (QED) is 0.399. The summed E-state index contributed by atoms with van der Waals surface area (Å²) in [6.45, 7) is 3.68. The van der Waals surface area contributed by atoms with Gasteiger partial charge in [0.25, 0.3) is 0 Å². The van der Waals surface area contributed by atoms with Crippen molar-refractivity contribution in [1.29, 1.82) is 0 Å². The lowest BCUT2D eigenvalue weighted by Crippen LogP contribution is -2.31. The van der Waals surface area contributed by atoms with E-state index in [9.17, 15) is 4.79 Å². The standard InChI is InChI=1S/C23H23NO2S/c1-17-9-15-22(16-10-17)27-23(19-7-5-4-6-8-19)24(18(2)25)20-11-13-21(26-3)14-12-20/h4-16,23H,1-3H3/t23-/m0/s1. The zero-order valence-electron chi connectivity index (χ0n) is 15.8. The van der Waals surface area contributed by atoms with Crippen LogP contribution in [0.1, 0.15) is 23.4 Å². The Morgan fingerprint density at radius 1 is 0.926 bits per heavy atom. The third-order valence-electron chi connectivity index (χ3n) is 4.28. The molecule has 1 amide bonds. The minimum Gasteiger partial charge on any atom is -0.497 e. The van der Waals surface area contributed by atoms with Crippen LogP contribution < -0.4 is 9.64 Å². The van der Waals surface area contributed by atoms with Crippen LogP contribution in [0.2, 0.25) is 0 Å². The number of carbonyl (C=O) groups is 1. The molecule has 0 bridgehead atoms. The van der Waals surface area contributed by atoms with Gasteiger partial charge in [-0.15, -0.1) is 0 Å². The summed E-state index contributed by atoms with van der Waals surface area (Å²) in [4.78, 5) is 15.6. The number of thioether (sulfide) groups is 1. The maximum atomic E-state index is 12.6. The molecular formula is C23H23NO2S. The number of rotatable bonds is 6. The highest BCUT2D eigenvalue weighted by atomic mass is 32.2. The second kappa shape index (κ2) is 8.78. The molecule has 0 radical (unpaired) electrons. The Labute approximate surface area is 165 Å². The van der Waals surface area contributed by atoms with Crippen LogP contribution in [0.15, 0.2) is 83.8 Å². The Morgan fingerprint density at radius 3 is 2.11 bits per heavy atom. The van der Waals surface area contributed by atoms with Crippen molar-refractivity contribution in [3.63, 3.8) is 0 Å². The van der Waals surface area contributed by atoms with Gasteiger partial charge in [0, 0.05) is 17.5 Å². The highest BCUT2D eigenvalue weighted by Crippen LogP contribution is 2.41. The third kappa shape index (κ3) is 4.72. The molecule has 3 nitrogen and oxygen atoms in total. The van der Waals surface area contributed by atoms with Crippen LogP contribution in [0.4, 0.5) is 5.69 Å². The third-order valence-corrected chi connectivity index (χ3v) is 5.53. The largest absolute Gasteiger partial charge is 0.497 e. The molecule has 0 fully saturated rings. The molecule has 4 heteroatoms. The van der Waals surface area contributed by atoms with Crippen molar-refractivity contribution in [2.45, 2.75) is 24.1 Å². The molecule has 3 aromatic rings. The van der Waals surface area contributed by atoms with Crippen LogP contribution in [0, 0.1) is 6.92 Å². The van der Waals surface area contributed by atoms with Crippen molar-refractivity contribution in [3.05, 3.63) is 90.0 Å². The molecule has 0 heterocycles. The van der Waals surface area contributed by atoms with Gasteiger partial charge in [0.15, 0.2) is 0 Å². The number of hydrogen-bond acceptors (Lipinski definition) is 3. The van der Waals surface area contributed by atoms with E-state index in [1.165, 1.54) is 5.56 Å². The topological polar surface area (TPSA) is 29.5 Å². The molecule has 0 aromatic heterocycles. The van der Waals surface area contributed by atoms with E-state index in [-0.39, 0.29) is 11.3 Å². The number of methoxy groups -OCH3 is 1. The number of aryl methyl sites for hydroxylation is 1. The lowest BCUT2D eigenvalue weighted by Gasteiger charge is -2.31. The first-order valence-electron chi connectivity index (χ1n) is 8.80. The van der Waals surface area contributed by atoms with E-state index in [0.717, 1.165) is 21.9 Å². The van der Waals surface area contributed by atoms with E-state index in [4.69, 9.17) is 4.74 Å². The molecule has 0 saturated carbocycles. The van der Waals surface area contributed by atoms with E-state index in [1.807, 2.05) is 47.4 Å². The van der Waals surface area contributed by atoms with E-state index >= 15 is 0 Å². The maximum Gasteiger partial charge on any atom is 0.225 e. The van der Waals surface area contributed by atoms with Crippen LogP contribution in [-0.4, -0.2) is 13.0 Å². The van der Waals surface area contributed by atoms with Crippen LogP contribution in [0.25, 0.3) is 0 Å². The normalized spacial score (nSPS) is 11.7. The minimum absolute atomic E-state index is 0.00590. The highest BCUT2D eigenvalue weighted by molar-refractivity contribution is 7.99. The van der Waals surface area contributed by atoms with Crippen LogP contribution in [0.5, 0.6) is 5.75 Å². The Bertz CT molecular complexity index is 877. The molecule has 0 saturated heterocycles. The summed E-state index contributed by atoms with van der Waals surface area (Å²) in [6, 6.07) is 26.1. The predicted octanol–water partition coefficient (Wildman–Crippen LogP) is 5.85. The molecule has 0 unspecified atom stereocenters. The Kier molecular flexibility index (Phi) is 6.20. The van der Waals surface area contributed by atoms with Crippen LogP contribution in [-0.2, 0) is 4.79 Å². The summed E-state index contributed by atoms with van der Waals surface area (Å²) in [7, 11) is 1.64. The summed E-state index contributed by atoms with van der Waals surface area (Å²) < 4.78 is 5.25. The summed E-state index contributed by atoms with van der Waals surface area (Å²) in [6.07, 6.45) is 0. The van der Waals surface area contributed by atoms with Crippen molar-refractivity contribution in [2.75, 3.05) is 12.0 Å². The average Bonchev–Trinajstić information content (AvgIpc) is 2.70. The highest BCUT2D eigenvalue weighted by Gasteiger charge is 2.25. The number of hydrogen-bond donors (Lipinski definition) is 0. The van der Waals surface area contributed by atoms with Gasteiger partial charge in [-0.2, -0.15) is 0 Å². The smallest absolute Gasteiger partial charge is 0.225 e. The van der Waals surface area contributed by atoms with Gasteiger partial charge < -0.3 is 4.74 Å². The zero-order chi connectivity index (χ0) is 19.2. The SMILES string of the molecule is COc1ccc(N(C(C)=O)[C@@H](Sc2ccc(C)cc2)c2ccccc2)cc1. The Morgan fingerprint density at radius 2 is 1.56 bits per heavy atom. The van der Waals surface area contributed by atoms with Gasteiger partial charge in [-0.25, -0.2) is 0 Å². The molecule has 0 N–H and O–H groups in total. The average molecular weight is 378 g/mol. The Hall–Kier alpha value is -2.72. The lowest BCUT2D eigenvalue weighted by molar-refractivity contribution is -0.116. The molecule has 138 valence electrons. The second-order valence-corrected chi connectivity index (χ2v) is 7.43. The minimum atomic E-state index is -0.167. The van der Waals surface area contributed by atoms with Crippen LogP contribution in [0.3, 0.4) is 0 Å². The number of carbonyl (C=O) groups excluding carboxylic acids is 1. The number of benzene rings is 3. The number of amides is 1. The molecular weight excluding hydrogens is 354 g/mol. The fourth-order valence-electron chi connectivity index (χ4n) is 2.86. The fraction of sp³-hybridized carbons (Fsp3) is 0.174. The summed E-state index contributed by atoms with van der Waals surface area (Å²) in [5, 5.41) is -0.167. The Balaban J connectivity index is 2.02.